The van der Waals surface area contributed by atoms with Crippen molar-refractivity contribution in [3.8, 4) is 0 Å². The number of ether oxygens (including phenoxy) is 1. The normalized spacial score (nSPS) is 33.9. The van der Waals surface area contributed by atoms with E-state index in [1.165, 1.54) is 0 Å². The number of hydrogen-bond donors (Lipinski definition) is 0. The molecule has 0 amide bonds. The third kappa shape index (κ3) is 2.69. The van der Waals surface area contributed by atoms with Gasteiger partial charge in [-0.3, -0.25) is 4.79 Å². The fraction of sp³-hybridized carbons (Fsp3) is 0.933. The molecule has 0 radical (unpaired) electrons. The molecule has 19 heavy (non-hydrogen) atoms. The van der Waals surface area contributed by atoms with Gasteiger partial charge in [-0.25, -0.2) is 0 Å². The Kier molecular flexibility index (Phi) is 4.59. The van der Waals surface area contributed by atoms with Gasteiger partial charge in [0.2, 0.25) is 5.78 Å². The van der Waals surface area contributed by atoms with Crippen LogP contribution in [0.2, 0.25) is 0 Å². The number of fused-ring (bicyclic) bond motifs is 1. The van der Waals surface area contributed by atoms with Crippen LogP contribution in [-0.4, -0.2) is 24.9 Å². The van der Waals surface area contributed by atoms with Crippen LogP contribution in [0.5, 0.6) is 0 Å². The van der Waals surface area contributed by atoms with Crippen molar-refractivity contribution in [2.45, 2.75) is 63.9 Å². The number of ketones is 1. The molecule has 4 unspecified atom stereocenters. The molecule has 0 N–H and O–H groups in total. The van der Waals surface area contributed by atoms with Gasteiger partial charge in [0.05, 0.1) is 6.10 Å². The summed E-state index contributed by atoms with van der Waals surface area (Å²) in [5, 5.41) is 0. The number of carbonyl (C=O) groups is 1. The first-order chi connectivity index (χ1) is 9.02. The molecule has 0 heterocycles. The fourth-order valence-corrected chi connectivity index (χ4v) is 3.78. The van der Waals surface area contributed by atoms with Gasteiger partial charge < -0.3 is 4.74 Å². The maximum atomic E-state index is 13.3. The minimum Gasteiger partial charge on any atom is -0.381 e. The van der Waals surface area contributed by atoms with E-state index in [1.807, 2.05) is 0 Å². The summed E-state index contributed by atoms with van der Waals surface area (Å²) in [6.07, 6.45) is 6.68. The quantitative estimate of drug-likeness (QED) is 0.659. The van der Waals surface area contributed by atoms with Gasteiger partial charge in [-0.15, -0.1) is 0 Å². The number of Topliss-reactive ketones (excluding diaryl/α,β-unsaturated/α-hetero) is 1. The van der Waals surface area contributed by atoms with E-state index in [-0.39, 0.29) is 11.8 Å². The molecule has 0 bridgehead atoms. The predicted octanol–water partition coefficient (Wildman–Crippen LogP) is 3.83. The number of alkyl halides is 2. The first-order valence-electron chi connectivity index (χ1n) is 7.47. The van der Waals surface area contributed by atoms with Crippen LogP contribution in [0, 0.1) is 17.8 Å². The van der Waals surface area contributed by atoms with Crippen molar-refractivity contribution in [3.05, 3.63) is 0 Å². The zero-order valence-corrected chi connectivity index (χ0v) is 11.8. The van der Waals surface area contributed by atoms with Gasteiger partial charge >= 0.3 is 5.92 Å². The van der Waals surface area contributed by atoms with Crippen molar-refractivity contribution < 1.29 is 18.3 Å². The summed E-state index contributed by atoms with van der Waals surface area (Å²) >= 11 is 0. The second kappa shape index (κ2) is 5.86. The Hall–Kier alpha value is -0.510. The minimum absolute atomic E-state index is 0.208. The molecule has 0 aliphatic heterocycles. The average molecular weight is 274 g/mol. The van der Waals surface area contributed by atoms with Gasteiger partial charge in [0, 0.05) is 18.9 Å². The molecule has 2 nitrogen and oxygen atoms in total. The topological polar surface area (TPSA) is 26.3 Å². The molecule has 4 heteroatoms. The van der Waals surface area contributed by atoms with Gasteiger partial charge in [0.1, 0.15) is 0 Å². The summed E-state index contributed by atoms with van der Waals surface area (Å²) in [5.74, 6) is -4.57. The van der Waals surface area contributed by atoms with Gasteiger partial charge in [0.25, 0.3) is 0 Å². The van der Waals surface area contributed by atoms with E-state index in [0.29, 0.717) is 12.5 Å². The van der Waals surface area contributed by atoms with Crippen molar-refractivity contribution in [1.29, 1.82) is 0 Å². The molecule has 4 atom stereocenters. The van der Waals surface area contributed by atoms with Crippen molar-refractivity contribution in [2.24, 2.45) is 17.8 Å². The molecule has 2 aliphatic rings. The van der Waals surface area contributed by atoms with E-state index in [1.54, 1.807) is 7.11 Å². The zero-order valence-electron chi connectivity index (χ0n) is 11.8. The van der Waals surface area contributed by atoms with E-state index in [2.05, 4.69) is 6.92 Å². The molecule has 2 rings (SSSR count). The molecule has 0 aromatic carbocycles. The van der Waals surface area contributed by atoms with Crippen LogP contribution in [-0.2, 0) is 9.53 Å². The smallest absolute Gasteiger partial charge is 0.309 e. The summed E-state index contributed by atoms with van der Waals surface area (Å²) < 4.78 is 31.9. The van der Waals surface area contributed by atoms with Crippen molar-refractivity contribution in [1.82, 2.24) is 0 Å². The third-order valence-corrected chi connectivity index (χ3v) is 5.03. The summed E-state index contributed by atoms with van der Waals surface area (Å²) in [5.41, 5.74) is 0. The van der Waals surface area contributed by atoms with Crippen molar-refractivity contribution >= 4 is 5.78 Å². The summed E-state index contributed by atoms with van der Waals surface area (Å²) in [6.45, 7) is 2.10. The molecule has 0 saturated heterocycles. The standard InChI is InChI=1S/C15H24F2O2/c1-3-11(19-2)7-5-4-6-10-8-9-12-13(10)14(18)15(12,16)17/h10-13H,3-9H2,1-2H3. The summed E-state index contributed by atoms with van der Waals surface area (Å²) in [4.78, 5) is 11.4. The Bertz CT molecular complexity index is 326. The van der Waals surface area contributed by atoms with Crippen LogP contribution in [0.3, 0.4) is 0 Å². The number of rotatable bonds is 7. The van der Waals surface area contributed by atoms with E-state index < -0.39 is 17.6 Å². The highest BCUT2D eigenvalue weighted by atomic mass is 19.3. The van der Waals surface area contributed by atoms with E-state index in [4.69, 9.17) is 4.74 Å². The van der Waals surface area contributed by atoms with Crippen LogP contribution in [0.1, 0.15) is 51.9 Å². The first kappa shape index (κ1) is 14.9. The summed E-state index contributed by atoms with van der Waals surface area (Å²) in [6, 6.07) is 0. The fourth-order valence-electron chi connectivity index (χ4n) is 3.78. The lowest BCUT2D eigenvalue weighted by atomic mass is 9.67. The van der Waals surface area contributed by atoms with Crippen LogP contribution in [0.4, 0.5) is 8.78 Å². The lowest BCUT2D eigenvalue weighted by Gasteiger charge is -2.40. The lowest BCUT2D eigenvalue weighted by molar-refractivity contribution is -0.187. The number of methoxy groups -OCH3 is 1. The Morgan fingerprint density at radius 1 is 1.37 bits per heavy atom. The molecular weight excluding hydrogens is 250 g/mol. The van der Waals surface area contributed by atoms with E-state index in [9.17, 15) is 13.6 Å². The Morgan fingerprint density at radius 3 is 2.74 bits per heavy atom. The molecule has 2 saturated carbocycles. The van der Waals surface area contributed by atoms with Gasteiger partial charge in [-0.05, 0) is 38.0 Å². The van der Waals surface area contributed by atoms with Gasteiger partial charge in [-0.1, -0.05) is 19.8 Å². The largest absolute Gasteiger partial charge is 0.381 e. The third-order valence-electron chi connectivity index (χ3n) is 5.03. The van der Waals surface area contributed by atoms with Crippen LogP contribution in [0.25, 0.3) is 0 Å². The minimum atomic E-state index is -3.01. The number of halogens is 2. The Balaban J connectivity index is 1.70. The SMILES string of the molecule is CCC(CCCCC1CCC2C1C(=O)C2(F)F)OC. The molecule has 0 aromatic heterocycles. The molecule has 2 fully saturated rings. The summed E-state index contributed by atoms with van der Waals surface area (Å²) in [7, 11) is 1.73. The van der Waals surface area contributed by atoms with Crippen molar-refractivity contribution in [2.75, 3.05) is 7.11 Å². The molecule has 2 aliphatic carbocycles. The van der Waals surface area contributed by atoms with Gasteiger partial charge in [0.15, 0.2) is 0 Å². The van der Waals surface area contributed by atoms with E-state index >= 15 is 0 Å². The zero-order chi connectivity index (χ0) is 14.0. The predicted molar refractivity (Wildman–Crippen MR) is 69.2 cm³/mol. The second-order valence-electron chi connectivity index (χ2n) is 6.01. The van der Waals surface area contributed by atoms with E-state index in [0.717, 1.165) is 38.5 Å². The molecule has 0 spiro atoms. The average Bonchev–Trinajstić information content (AvgIpc) is 2.80. The monoisotopic (exact) mass is 274 g/mol. The van der Waals surface area contributed by atoms with Crippen LogP contribution >= 0.6 is 0 Å². The first-order valence-corrected chi connectivity index (χ1v) is 7.47. The number of carbonyl (C=O) groups excluding carboxylic acids is 1. The van der Waals surface area contributed by atoms with Crippen LogP contribution in [0.15, 0.2) is 0 Å². The number of unbranched alkanes of at least 4 members (excludes halogenated alkanes) is 1. The van der Waals surface area contributed by atoms with Gasteiger partial charge in [-0.2, -0.15) is 8.78 Å². The second-order valence-corrected chi connectivity index (χ2v) is 6.01. The van der Waals surface area contributed by atoms with Crippen molar-refractivity contribution in [3.63, 3.8) is 0 Å². The molecule has 110 valence electrons. The Labute approximate surface area is 113 Å². The maximum absolute atomic E-state index is 13.3. The highest BCUT2D eigenvalue weighted by molar-refractivity contribution is 5.95. The lowest BCUT2D eigenvalue weighted by Crippen LogP contribution is -2.57. The Morgan fingerprint density at radius 2 is 2.11 bits per heavy atom. The van der Waals surface area contributed by atoms with Crippen LogP contribution < -0.4 is 0 Å². The highest BCUT2D eigenvalue weighted by Gasteiger charge is 2.68. The molecular formula is C15H24F2O2. The number of hydrogen-bond acceptors (Lipinski definition) is 2. The highest BCUT2D eigenvalue weighted by Crippen LogP contribution is 2.57. The maximum Gasteiger partial charge on any atom is 0.309 e. The molecule has 0 aromatic rings.